The molecule has 3 N–H and O–H groups in total. The number of aliphatic hydroxyl groups excluding tert-OH is 1. The number of aryl methyl sites for hydroxylation is 1. The fourth-order valence-electron chi connectivity index (χ4n) is 6.12. The Morgan fingerprint density at radius 2 is 1.67 bits per heavy atom. The zero-order valence-corrected chi connectivity index (χ0v) is 27.1. The summed E-state index contributed by atoms with van der Waals surface area (Å²) in [5.74, 6) is -0.400. The Bertz CT molecular complexity index is 1610. The summed E-state index contributed by atoms with van der Waals surface area (Å²) >= 11 is 0. The Balaban J connectivity index is 1.35. The van der Waals surface area contributed by atoms with E-state index in [1.165, 1.54) is 0 Å². The van der Waals surface area contributed by atoms with Crippen LogP contribution in [-0.4, -0.2) is 67.0 Å². The highest BCUT2D eigenvalue weighted by atomic mass is 32.2. The van der Waals surface area contributed by atoms with Crippen LogP contribution >= 0.6 is 0 Å². The van der Waals surface area contributed by atoms with Gasteiger partial charge in [-0.2, -0.15) is 4.31 Å². The molecule has 0 unspecified atom stereocenters. The number of rotatable bonds is 11. The summed E-state index contributed by atoms with van der Waals surface area (Å²) in [4.78, 5) is 29.1. The first kappa shape index (κ1) is 32.8. The minimum absolute atomic E-state index is 0.160. The molecule has 0 radical (unpaired) electrons. The van der Waals surface area contributed by atoms with Crippen molar-refractivity contribution in [3.8, 4) is 11.1 Å². The molecule has 3 aromatic carbocycles. The second-order valence-corrected chi connectivity index (χ2v) is 14.7. The third-order valence-corrected chi connectivity index (χ3v) is 10.5. The number of hydrogen-bond donors (Lipinski definition) is 3. The fourth-order valence-corrected chi connectivity index (χ4v) is 7.85. The standard InChI is InChI=1S/C35H44N4O5S/c1-25(40)23-36-35(2,3)22-33(41)37-30-19-18-28-10-4-6-12-31(28)39(34(30)42)24-26-14-16-27(17-15-26)29-11-5-7-13-32(29)45(43,44)38-20-8-9-21-38/h4-7,10-17,25,30,36,40H,8-9,18-24H2,1-3H3,(H,37,41)/t25-,30-/m1/s1. The molecule has 2 aliphatic rings. The lowest BCUT2D eigenvalue weighted by molar-refractivity contribution is -0.128. The number of anilines is 1. The molecule has 2 heterocycles. The largest absolute Gasteiger partial charge is 0.392 e. The quantitative estimate of drug-likeness (QED) is 0.291. The molecular formula is C35H44N4O5S. The van der Waals surface area contributed by atoms with Gasteiger partial charge in [0.05, 0.1) is 17.5 Å². The maximum atomic E-state index is 14.0. The lowest BCUT2D eigenvalue weighted by atomic mass is 9.99. The summed E-state index contributed by atoms with van der Waals surface area (Å²) in [7, 11) is -3.60. The SMILES string of the molecule is C[C@@H](O)CNC(C)(C)CC(=O)N[C@@H]1CCc2ccccc2N(Cc2ccc(-c3ccccc3S(=O)(=O)N3CCCC3)cc2)C1=O. The number of amides is 2. The van der Waals surface area contributed by atoms with Gasteiger partial charge in [0.2, 0.25) is 21.8 Å². The molecule has 0 aromatic heterocycles. The van der Waals surface area contributed by atoms with Gasteiger partial charge in [0, 0.05) is 42.8 Å². The van der Waals surface area contributed by atoms with Gasteiger partial charge in [0.25, 0.3) is 0 Å². The van der Waals surface area contributed by atoms with Crippen LogP contribution in [0.1, 0.15) is 57.6 Å². The second-order valence-electron chi connectivity index (χ2n) is 12.8. The van der Waals surface area contributed by atoms with Crippen molar-refractivity contribution in [2.45, 2.75) is 82.0 Å². The van der Waals surface area contributed by atoms with Gasteiger partial charge >= 0.3 is 0 Å². The molecule has 2 aliphatic heterocycles. The van der Waals surface area contributed by atoms with E-state index in [0.717, 1.165) is 35.2 Å². The summed E-state index contributed by atoms with van der Waals surface area (Å²) in [6, 6.07) is 21.9. The number of aliphatic hydroxyl groups is 1. The number of fused-ring (bicyclic) bond motifs is 1. The number of benzene rings is 3. The summed E-state index contributed by atoms with van der Waals surface area (Å²) in [6.45, 7) is 7.24. The normalized spacial score (nSPS) is 18.4. The maximum Gasteiger partial charge on any atom is 0.249 e. The van der Waals surface area contributed by atoms with Crippen LogP contribution in [0.25, 0.3) is 11.1 Å². The molecule has 0 spiro atoms. The number of para-hydroxylation sites is 1. The monoisotopic (exact) mass is 632 g/mol. The Labute approximate surface area is 266 Å². The van der Waals surface area contributed by atoms with Crippen LogP contribution in [0.2, 0.25) is 0 Å². The van der Waals surface area contributed by atoms with E-state index in [-0.39, 0.29) is 18.2 Å². The van der Waals surface area contributed by atoms with Gasteiger partial charge in [-0.15, -0.1) is 0 Å². The number of β-amino-alcohol motifs (C(OH)–C–C–N with tert-alkyl or cyclic N) is 1. The molecule has 5 rings (SSSR count). The molecule has 2 atom stereocenters. The molecule has 1 saturated heterocycles. The molecule has 0 bridgehead atoms. The number of hydrogen-bond acceptors (Lipinski definition) is 6. The molecular weight excluding hydrogens is 588 g/mol. The molecule has 3 aromatic rings. The minimum Gasteiger partial charge on any atom is -0.392 e. The van der Waals surface area contributed by atoms with Crippen LogP contribution in [-0.2, 0) is 32.6 Å². The summed E-state index contributed by atoms with van der Waals surface area (Å²) in [5.41, 5.74) is 3.64. The van der Waals surface area contributed by atoms with Crippen molar-refractivity contribution in [3.63, 3.8) is 0 Å². The van der Waals surface area contributed by atoms with Gasteiger partial charge in [-0.25, -0.2) is 8.42 Å². The average molecular weight is 633 g/mol. The Hall–Kier alpha value is -3.57. The number of carbonyl (C=O) groups excluding carboxylic acids is 2. The molecule has 1 fully saturated rings. The van der Waals surface area contributed by atoms with Crippen LogP contribution in [0, 0.1) is 0 Å². The van der Waals surface area contributed by atoms with Crippen molar-refractivity contribution < 1.29 is 23.1 Å². The van der Waals surface area contributed by atoms with Crippen molar-refractivity contribution in [1.82, 2.24) is 14.9 Å². The van der Waals surface area contributed by atoms with Crippen LogP contribution in [0.5, 0.6) is 0 Å². The molecule has 9 nitrogen and oxygen atoms in total. The van der Waals surface area contributed by atoms with Crippen LogP contribution in [0.4, 0.5) is 5.69 Å². The predicted molar refractivity (Wildman–Crippen MR) is 176 cm³/mol. The van der Waals surface area contributed by atoms with E-state index in [4.69, 9.17) is 0 Å². The van der Waals surface area contributed by atoms with E-state index >= 15 is 0 Å². The molecule has 0 saturated carbocycles. The van der Waals surface area contributed by atoms with Crippen molar-refractivity contribution in [3.05, 3.63) is 83.9 Å². The van der Waals surface area contributed by atoms with E-state index in [9.17, 15) is 23.1 Å². The fraction of sp³-hybridized carbons (Fsp3) is 0.429. The average Bonchev–Trinajstić information content (AvgIpc) is 3.54. The third-order valence-electron chi connectivity index (χ3n) is 8.54. The number of sulfonamides is 1. The summed E-state index contributed by atoms with van der Waals surface area (Å²) in [5, 5.41) is 15.8. The van der Waals surface area contributed by atoms with Crippen LogP contribution in [0.3, 0.4) is 0 Å². The van der Waals surface area contributed by atoms with Crippen LogP contribution < -0.4 is 15.5 Å². The van der Waals surface area contributed by atoms with Gasteiger partial charge in [0.15, 0.2) is 0 Å². The van der Waals surface area contributed by atoms with Crippen molar-refractivity contribution >= 4 is 27.5 Å². The zero-order valence-electron chi connectivity index (χ0n) is 26.3. The van der Waals surface area contributed by atoms with Crippen LogP contribution in [0.15, 0.2) is 77.7 Å². The smallest absolute Gasteiger partial charge is 0.249 e. The van der Waals surface area contributed by atoms with Gasteiger partial charge < -0.3 is 20.6 Å². The van der Waals surface area contributed by atoms with E-state index in [2.05, 4.69) is 10.6 Å². The first-order valence-electron chi connectivity index (χ1n) is 15.7. The molecule has 10 heteroatoms. The summed E-state index contributed by atoms with van der Waals surface area (Å²) in [6.07, 6.45) is 2.51. The zero-order chi connectivity index (χ0) is 32.2. The second kappa shape index (κ2) is 13.8. The Morgan fingerprint density at radius 3 is 2.38 bits per heavy atom. The van der Waals surface area contributed by atoms with Crippen molar-refractivity contribution in [1.29, 1.82) is 0 Å². The van der Waals surface area contributed by atoms with Crippen molar-refractivity contribution in [2.75, 3.05) is 24.5 Å². The van der Waals surface area contributed by atoms with Gasteiger partial charge in [-0.1, -0.05) is 60.7 Å². The maximum absolute atomic E-state index is 14.0. The molecule has 0 aliphatic carbocycles. The van der Waals surface area contributed by atoms with Gasteiger partial charge in [-0.3, -0.25) is 9.59 Å². The van der Waals surface area contributed by atoms with E-state index < -0.39 is 27.7 Å². The number of nitrogens with zero attached hydrogens (tertiary/aromatic N) is 2. The lowest BCUT2D eigenvalue weighted by Gasteiger charge is -2.29. The molecule has 2 amide bonds. The van der Waals surface area contributed by atoms with E-state index in [0.29, 0.717) is 49.5 Å². The highest BCUT2D eigenvalue weighted by molar-refractivity contribution is 7.89. The van der Waals surface area contributed by atoms with Gasteiger partial charge in [-0.05, 0) is 75.3 Å². The number of carbonyl (C=O) groups is 2. The topological polar surface area (TPSA) is 119 Å². The highest BCUT2D eigenvalue weighted by Crippen LogP contribution is 2.33. The Morgan fingerprint density at radius 1 is 1.00 bits per heavy atom. The lowest BCUT2D eigenvalue weighted by Crippen LogP contribution is -2.51. The first-order valence-corrected chi connectivity index (χ1v) is 17.2. The molecule has 45 heavy (non-hydrogen) atoms. The van der Waals surface area contributed by atoms with Crippen molar-refractivity contribution in [2.24, 2.45) is 0 Å². The number of nitrogens with one attached hydrogen (secondary N) is 2. The highest BCUT2D eigenvalue weighted by Gasteiger charge is 2.33. The summed E-state index contributed by atoms with van der Waals surface area (Å²) < 4.78 is 28.4. The van der Waals surface area contributed by atoms with Gasteiger partial charge in [0.1, 0.15) is 6.04 Å². The third kappa shape index (κ3) is 7.81. The molecule has 240 valence electrons. The van der Waals surface area contributed by atoms with E-state index in [1.54, 1.807) is 28.3 Å². The predicted octanol–water partition coefficient (Wildman–Crippen LogP) is 4.24. The Kier molecular flexibility index (Phi) is 10.1. The first-order chi connectivity index (χ1) is 21.4. The minimum atomic E-state index is -3.60. The van der Waals surface area contributed by atoms with E-state index in [1.807, 2.05) is 74.5 Å².